The molecule has 4 nitrogen and oxygen atoms in total. The minimum Gasteiger partial charge on any atom is -0.503 e. The van der Waals surface area contributed by atoms with Crippen molar-refractivity contribution >= 4 is 5.97 Å². The summed E-state index contributed by atoms with van der Waals surface area (Å²) in [6.45, 7) is -0.279. The Morgan fingerprint density at radius 2 is 1.87 bits per heavy atom. The molecule has 1 aromatic rings. The normalized spacial score (nSPS) is 12.5. The van der Waals surface area contributed by atoms with E-state index in [-0.39, 0.29) is 12.1 Å². The molecule has 1 aromatic carbocycles. The van der Waals surface area contributed by atoms with Gasteiger partial charge in [-0.05, 0) is 17.7 Å². The molecule has 0 spiro atoms. The number of carboxylic acids is 1. The molecule has 6 heteroatoms. The van der Waals surface area contributed by atoms with E-state index in [0.717, 1.165) is 12.1 Å². The van der Waals surface area contributed by atoms with E-state index in [0.29, 0.717) is 0 Å². The molecule has 0 saturated heterocycles. The van der Waals surface area contributed by atoms with Crippen molar-refractivity contribution in [3.8, 4) is 5.75 Å². The van der Waals surface area contributed by atoms with Crippen LogP contribution in [0.3, 0.4) is 0 Å². The lowest BCUT2D eigenvalue weighted by molar-refractivity contribution is -0.138. The van der Waals surface area contributed by atoms with Gasteiger partial charge in [0.15, 0.2) is 17.4 Å². The largest absolute Gasteiger partial charge is 0.503 e. The van der Waals surface area contributed by atoms with E-state index >= 15 is 0 Å². The SMILES string of the molecule is NCC(C(=O)O)c1cc(F)c(O)c(F)c1. The van der Waals surface area contributed by atoms with Crippen molar-refractivity contribution < 1.29 is 23.8 Å². The maximum atomic E-state index is 12.9. The molecule has 0 aliphatic heterocycles. The summed E-state index contributed by atoms with van der Waals surface area (Å²) in [4.78, 5) is 10.7. The number of hydrogen-bond donors (Lipinski definition) is 3. The minimum atomic E-state index is -1.28. The minimum absolute atomic E-state index is 0.113. The summed E-state index contributed by atoms with van der Waals surface area (Å²) in [5.41, 5.74) is 5.04. The zero-order valence-corrected chi connectivity index (χ0v) is 7.58. The summed E-state index contributed by atoms with van der Waals surface area (Å²) in [5.74, 6) is -5.99. The molecule has 15 heavy (non-hydrogen) atoms. The Labute approximate surface area is 83.9 Å². The van der Waals surface area contributed by atoms with Crippen molar-refractivity contribution in [2.45, 2.75) is 5.92 Å². The summed E-state index contributed by atoms with van der Waals surface area (Å²) < 4.78 is 25.8. The summed E-state index contributed by atoms with van der Waals surface area (Å²) in [6.07, 6.45) is 0. The predicted octanol–water partition coefficient (Wildman–Crippen LogP) is 0.797. The first-order chi connectivity index (χ1) is 6.97. The average molecular weight is 217 g/mol. The van der Waals surface area contributed by atoms with Gasteiger partial charge in [-0.1, -0.05) is 0 Å². The number of hydrogen-bond acceptors (Lipinski definition) is 3. The molecular formula is C9H9F2NO3. The van der Waals surface area contributed by atoms with E-state index in [1.165, 1.54) is 0 Å². The molecule has 0 amide bonds. The van der Waals surface area contributed by atoms with Crippen LogP contribution in [0.5, 0.6) is 5.75 Å². The first-order valence-electron chi connectivity index (χ1n) is 4.08. The van der Waals surface area contributed by atoms with E-state index in [1.807, 2.05) is 0 Å². The first-order valence-corrected chi connectivity index (χ1v) is 4.08. The standard InChI is InChI=1S/C9H9F2NO3/c10-6-1-4(2-7(11)8(6)13)5(3-12)9(14)15/h1-2,5,13H,3,12H2,(H,14,15). The molecule has 1 atom stereocenters. The maximum absolute atomic E-state index is 12.9. The fourth-order valence-corrected chi connectivity index (χ4v) is 1.17. The monoisotopic (exact) mass is 217 g/mol. The molecule has 0 heterocycles. The fraction of sp³-hybridized carbons (Fsp3) is 0.222. The highest BCUT2D eigenvalue weighted by molar-refractivity contribution is 5.76. The van der Waals surface area contributed by atoms with Crippen molar-refractivity contribution in [3.63, 3.8) is 0 Å². The smallest absolute Gasteiger partial charge is 0.312 e. The molecule has 0 radical (unpaired) electrons. The van der Waals surface area contributed by atoms with Gasteiger partial charge in [-0.25, -0.2) is 8.78 Å². The molecule has 0 aliphatic carbocycles. The number of phenols is 1. The van der Waals surface area contributed by atoms with Crippen LogP contribution >= 0.6 is 0 Å². The number of carboxylic acid groups (broad SMARTS) is 1. The molecule has 0 aromatic heterocycles. The van der Waals surface area contributed by atoms with Crippen LogP contribution in [0.15, 0.2) is 12.1 Å². The summed E-state index contributed by atoms with van der Waals surface area (Å²) in [6, 6.07) is 1.51. The predicted molar refractivity (Wildman–Crippen MR) is 47.5 cm³/mol. The number of benzene rings is 1. The van der Waals surface area contributed by atoms with Gasteiger partial charge in [-0.3, -0.25) is 4.79 Å². The summed E-state index contributed by atoms with van der Waals surface area (Å²) in [5, 5.41) is 17.5. The lowest BCUT2D eigenvalue weighted by Gasteiger charge is -2.10. The molecule has 0 aliphatic rings. The van der Waals surface area contributed by atoms with Crippen LogP contribution in [0.4, 0.5) is 8.78 Å². The number of aromatic hydroxyl groups is 1. The molecule has 4 N–H and O–H groups in total. The van der Waals surface area contributed by atoms with Crippen LogP contribution in [-0.4, -0.2) is 22.7 Å². The van der Waals surface area contributed by atoms with Crippen LogP contribution < -0.4 is 5.73 Å². The Hall–Kier alpha value is -1.69. The summed E-state index contributed by atoms with van der Waals surface area (Å²) >= 11 is 0. The molecular weight excluding hydrogens is 208 g/mol. The number of carbonyl (C=O) groups is 1. The third-order valence-corrected chi connectivity index (χ3v) is 1.98. The Morgan fingerprint density at radius 1 is 1.40 bits per heavy atom. The third-order valence-electron chi connectivity index (χ3n) is 1.98. The number of nitrogens with two attached hydrogens (primary N) is 1. The Balaban J connectivity index is 3.20. The lowest BCUT2D eigenvalue weighted by atomic mass is 9.99. The van der Waals surface area contributed by atoms with Crippen molar-refractivity contribution in [1.29, 1.82) is 0 Å². The van der Waals surface area contributed by atoms with Gasteiger partial charge in [0.2, 0.25) is 0 Å². The van der Waals surface area contributed by atoms with Crippen molar-refractivity contribution in [1.82, 2.24) is 0 Å². The van der Waals surface area contributed by atoms with Gasteiger partial charge in [0, 0.05) is 6.54 Å². The highest BCUT2D eigenvalue weighted by Crippen LogP contribution is 2.25. The van der Waals surface area contributed by atoms with E-state index in [1.54, 1.807) is 0 Å². The van der Waals surface area contributed by atoms with Crippen LogP contribution in [0.1, 0.15) is 11.5 Å². The molecule has 1 unspecified atom stereocenters. The molecule has 0 saturated carbocycles. The molecule has 82 valence electrons. The van der Waals surface area contributed by atoms with Crippen LogP contribution in [-0.2, 0) is 4.79 Å². The average Bonchev–Trinajstić information content (AvgIpc) is 2.14. The van der Waals surface area contributed by atoms with Crippen molar-refractivity contribution in [2.24, 2.45) is 5.73 Å². The van der Waals surface area contributed by atoms with Gasteiger partial charge in [0.25, 0.3) is 0 Å². The van der Waals surface area contributed by atoms with Crippen molar-refractivity contribution in [2.75, 3.05) is 6.54 Å². The first kappa shape index (κ1) is 11.4. The Morgan fingerprint density at radius 3 is 2.20 bits per heavy atom. The second-order valence-corrected chi connectivity index (χ2v) is 2.96. The molecule has 0 bridgehead atoms. The molecule has 1 rings (SSSR count). The maximum Gasteiger partial charge on any atom is 0.312 e. The zero-order valence-electron chi connectivity index (χ0n) is 7.58. The van der Waals surface area contributed by atoms with Crippen LogP contribution in [0, 0.1) is 11.6 Å². The Bertz CT molecular complexity index is 372. The van der Waals surface area contributed by atoms with Gasteiger partial charge in [-0.2, -0.15) is 0 Å². The van der Waals surface area contributed by atoms with Gasteiger partial charge < -0.3 is 15.9 Å². The van der Waals surface area contributed by atoms with E-state index in [4.69, 9.17) is 15.9 Å². The second-order valence-electron chi connectivity index (χ2n) is 2.96. The lowest BCUT2D eigenvalue weighted by Crippen LogP contribution is -2.21. The second kappa shape index (κ2) is 4.22. The highest BCUT2D eigenvalue weighted by atomic mass is 19.1. The number of phenolic OH excluding ortho intramolecular Hbond substituents is 1. The quantitative estimate of drug-likeness (QED) is 0.699. The third kappa shape index (κ3) is 2.21. The topological polar surface area (TPSA) is 83.6 Å². The number of rotatable bonds is 3. The van der Waals surface area contributed by atoms with Gasteiger partial charge in [0.05, 0.1) is 5.92 Å². The van der Waals surface area contributed by atoms with Gasteiger partial charge >= 0.3 is 5.97 Å². The highest BCUT2D eigenvalue weighted by Gasteiger charge is 2.21. The summed E-state index contributed by atoms with van der Waals surface area (Å²) in [7, 11) is 0. The van der Waals surface area contributed by atoms with E-state index < -0.39 is 29.3 Å². The zero-order chi connectivity index (χ0) is 11.6. The van der Waals surface area contributed by atoms with E-state index in [2.05, 4.69) is 0 Å². The number of halogens is 2. The van der Waals surface area contributed by atoms with Gasteiger partial charge in [-0.15, -0.1) is 0 Å². The Kier molecular flexibility index (Phi) is 3.21. The molecule has 0 fully saturated rings. The van der Waals surface area contributed by atoms with Crippen LogP contribution in [0.2, 0.25) is 0 Å². The fourth-order valence-electron chi connectivity index (χ4n) is 1.17. The van der Waals surface area contributed by atoms with E-state index in [9.17, 15) is 13.6 Å². The van der Waals surface area contributed by atoms with Gasteiger partial charge in [0.1, 0.15) is 0 Å². The van der Waals surface area contributed by atoms with Crippen molar-refractivity contribution in [3.05, 3.63) is 29.3 Å². The number of aliphatic carboxylic acids is 1. The van der Waals surface area contributed by atoms with Crippen LogP contribution in [0.25, 0.3) is 0 Å².